The van der Waals surface area contributed by atoms with Crippen LogP contribution in [0, 0.1) is 0 Å². The molecule has 0 unspecified atom stereocenters. The van der Waals surface area contributed by atoms with Gasteiger partial charge in [-0.25, -0.2) is 0 Å². The minimum absolute atomic E-state index is 0. The van der Waals surface area contributed by atoms with Crippen molar-refractivity contribution in [2.75, 3.05) is 14.1 Å². The van der Waals surface area contributed by atoms with Crippen LogP contribution in [-0.2, 0) is 4.79 Å². The van der Waals surface area contributed by atoms with Crippen molar-refractivity contribution in [1.82, 2.24) is 4.90 Å². The summed E-state index contributed by atoms with van der Waals surface area (Å²) in [6.45, 7) is 1.53. The Bertz CT molecular complexity index is 74.3. The molecule has 0 atom stereocenters. The van der Waals surface area contributed by atoms with Gasteiger partial charge in [0.2, 0.25) is 5.91 Å². The zero-order chi connectivity index (χ0) is 5.15. The molecular formula is C4H12ClMgNO. The Kier molecular flexibility index (Phi) is 14.9. The first-order valence-electron chi connectivity index (χ1n) is 1.82. The number of amides is 1. The van der Waals surface area contributed by atoms with Crippen LogP contribution in [0.1, 0.15) is 9.78 Å². The molecule has 0 aromatic carbocycles. The van der Waals surface area contributed by atoms with Crippen molar-refractivity contribution in [1.29, 1.82) is 0 Å². The molecule has 0 aromatic heterocycles. The molecule has 0 N–H and O–H groups in total. The van der Waals surface area contributed by atoms with Gasteiger partial charge in [-0.15, -0.1) is 12.4 Å². The van der Waals surface area contributed by atoms with Crippen molar-refractivity contribution < 1.29 is 7.65 Å². The molecule has 0 heterocycles. The van der Waals surface area contributed by atoms with E-state index in [1.54, 1.807) is 14.1 Å². The number of carbonyl (C=O) groups is 1. The van der Waals surface area contributed by atoms with Crippen LogP contribution in [0.5, 0.6) is 0 Å². The zero-order valence-electron chi connectivity index (χ0n) is 7.47. The normalized spacial score (nSPS) is 5.88. The molecule has 0 aliphatic carbocycles. The second kappa shape index (κ2) is 7.53. The van der Waals surface area contributed by atoms with Gasteiger partial charge in [0.15, 0.2) is 0 Å². The maximum atomic E-state index is 10.1. The second-order valence-corrected chi connectivity index (χ2v) is 1.41. The van der Waals surface area contributed by atoms with Crippen molar-refractivity contribution in [3.05, 3.63) is 0 Å². The molecule has 0 fully saturated rings. The summed E-state index contributed by atoms with van der Waals surface area (Å²) >= 11 is 0. The van der Waals surface area contributed by atoms with Gasteiger partial charge in [0.05, 0.1) is 0 Å². The van der Waals surface area contributed by atoms with Crippen LogP contribution in [-0.4, -0.2) is 48.0 Å². The smallest absolute Gasteiger partial charge is 1.00 e. The van der Waals surface area contributed by atoms with E-state index in [0.29, 0.717) is 0 Å². The van der Waals surface area contributed by atoms with Crippen molar-refractivity contribution in [2.45, 2.75) is 6.92 Å². The maximum Gasteiger partial charge on any atom is 2.00 e. The number of hydrogen-bond donors (Lipinski definition) is 0. The quantitative estimate of drug-likeness (QED) is 0.456. The summed E-state index contributed by atoms with van der Waals surface area (Å²) in [5.41, 5.74) is 0. The van der Waals surface area contributed by atoms with E-state index in [1.807, 2.05) is 0 Å². The summed E-state index contributed by atoms with van der Waals surface area (Å²) < 4.78 is 0. The molecular weight excluding hydrogens is 138 g/mol. The van der Waals surface area contributed by atoms with Gasteiger partial charge in [0.25, 0.3) is 0 Å². The van der Waals surface area contributed by atoms with Gasteiger partial charge in [-0.3, -0.25) is 4.79 Å². The van der Waals surface area contributed by atoms with Crippen LogP contribution in [0.15, 0.2) is 0 Å². The predicted molar refractivity (Wildman–Crippen MR) is 39.6 cm³/mol. The fourth-order valence-electron chi connectivity index (χ4n) is 0. The number of rotatable bonds is 0. The van der Waals surface area contributed by atoms with E-state index in [1.165, 1.54) is 11.8 Å². The number of halogens is 1. The predicted octanol–water partition coefficient (Wildman–Crippen LogP) is 0.360. The number of nitrogens with zero attached hydrogens (tertiary/aromatic N) is 1. The van der Waals surface area contributed by atoms with Gasteiger partial charge in [0.1, 0.15) is 0 Å². The Labute approximate surface area is 75.1 Å². The summed E-state index contributed by atoms with van der Waals surface area (Å²) in [4.78, 5) is 11.6. The second-order valence-electron chi connectivity index (χ2n) is 1.41. The van der Waals surface area contributed by atoms with E-state index in [2.05, 4.69) is 0 Å². The van der Waals surface area contributed by atoms with Gasteiger partial charge >= 0.3 is 23.1 Å². The number of carbonyl (C=O) groups excluding carboxylic acids is 1. The van der Waals surface area contributed by atoms with E-state index in [4.69, 9.17) is 0 Å². The van der Waals surface area contributed by atoms with Crippen LogP contribution in [0.25, 0.3) is 0 Å². The van der Waals surface area contributed by atoms with Crippen LogP contribution >= 0.6 is 12.4 Å². The third-order valence-corrected chi connectivity index (χ3v) is 0.630. The molecule has 0 aliphatic rings. The Morgan fingerprint density at radius 3 is 1.62 bits per heavy atom. The van der Waals surface area contributed by atoms with Crippen molar-refractivity contribution in [3.63, 3.8) is 0 Å². The summed E-state index contributed by atoms with van der Waals surface area (Å²) in [5.74, 6) is 0.0926. The standard InChI is InChI=1S/C4H9NO.ClH.Mg.2H/c1-4(6)5(2)3;;;;/h1-3H3;1H;;;/q;;+2;2*-1. The summed E-state index contributed by atoms with van der Waals surface area (Å²) in [6, 6.07) is 0. The van der Waals surface area contributed by atoms with Gasteiger partial charge in [-0.05, 0) is 0 Å². The molecule has 0 spiro atoms. The van der Waals surface area contributed by atoms with Crippen molar-refractivity contribution in [3.8, 4) is 0 Å². The van der Waals surface area contributed by atoms with Crippen molar-refractivity contribution in [2.24, 2.45) is 0 Å². The maximum absolute atomic E-state index is 10.1. The first-order chi connectivity index (χ1) is 2.64. The average Bonchev–Trinajstić information content (AvgIpc) is 1.36. The van der Waals surface area contributed by atoms with E-state index < -0.39 is 0 Å². The molecule has 0 saturated carbocycles. The van der Waals surface area contributed by atoms with Crippen LogP contribution in [0.4, 0.5) is 0 Å². The molecule has 4 heteroatoms. The first kappa shape index (κ1) is 15.8. The largest absolute Gasteiger partial charge is 2.00 e. The molecule has 0 rings (SSSR count). The topological polar surface area (TPSA) is 20.3 Å². The van der Waals surface area contributed by atoms with Crippen LogP contribution in [0.3, 0.4) is 0 Å². The van der Waals surface area contributed by atoms with Gasteiger partial charge < -0.3 is 7.75 Å². The fraction of sp³-hybridized carbons (Fsp3) is 0.750. The van der Waals surface area contributed by atoms with E-state index in [0.717, 1.165) is 0 Å². The monoisotopic (exact) mass is 149 g/mol. The van der Waals surface area contributed by atoms with Crippen LogP contribution < -0.4 is 0 Å². The fourth-order valence-corrected chi connectivity index (χ4v) is 0. The third-order valence-electron chi connectivity index (χ3n) is 0.630. The molecule has 1 amide bonds. The zero-order valence-corrected chi connectivity index (χ0v) is 7.70. The SMILES string of the molecule is CC(=O)N(C)C.Cl.[H-].[H-].[Mg+2]. The van der Waals surface area contributed by atoms with E-state index in [-0.39, 0.29) is 44.2 Å². The Hall–Kier alpha value is 0.526. The molecule has 0 aliphatic heterocycles. The number of hydrogen-bond acceptors (Lipinski definition) is 1. The van der Waals surface area contributed by atoms with Gasteiger partial charge in [-0.1, -0.05) is 0 Å². The molecule has 0 radical (unpaired) electrons. The Morgan fingerprint density at radius 1 is 1.50 bits per heavy atom. The molecule has 2 nitrogen and oxygen atoms in total. The molecule has 0 bridgehead atoms. The summed E-state index contributed by atoms with van der Waals surface area (Å²) in [6.07, 6.45) is 0. The van der Waals surface area contributed by atoms with Gasteiger partial charge in [0, 0.05) is 21.0 Å². The summed E-state index contributed by atoms with van der Waals surface area (Å²) in [7, 11) is 3.45. The van der Waals surface area contributed by atoms with E-state index >= 15 is 0 Å². The Morgan fingerprint density at radius 2 is 1.62 bits per heavy atom. The van der Waals surface area contributed by atoms with Gasteiger partial charge in [-0.2, -0.15) is 0 Å². The van der Waals surface area contributed by atoms with Crippen molar-refractivity contribution >= 4 is 41.4 Å². The first-order valence-corrected chi connectivity index (χ1v) is 1.82. The molecule has 8 heavy (non-hydrogen) atoms. The minimum atomic E-state index is 0. The third kappa shape index (κ3) is 9.73. The van der Waals surface area contributed by atoms with E-state index in [9.17, 15) is 4.79 Å². The molecule has 0 saturated heterocycles. The molecule has 0 aromatic rings. The van der Waals surface area contributed by atoms with Crippen LogP contribution in [0.2, 0.25) is 0 Å². The minimum Gasteiger partial charge on any atom is -1.00 e. The molecule has 48 valence electrons. The average molecular weight is 150 g/mol. The Balaban J connectivity index is -0.0000000208. The summed E-state index contributed by atoms with van der Waals surface area (Å²) in [5, 5.41) is 0.